The van der Waals surface area contributed by atoms with E-state index in [-0.39, 0.29) is 45.9 Å². The molecule has 1 N–H and O–H groups in total. The van der Waals surface area contributed by atoms with Crippen LogP contribution in [0, 0.1) is 6.92 Å². The van der Waals surface area contributed by atoms with Gasteiger partial charge in [0.25, 0.3) is 17.1 Å². The van der Waals surface area contributed by atoms with E-state index >= 15 is 0 Å². The molecule has 0 bridgehead atoms. The number of carbonyl (C=O) groups excluding carboxylic acids is 3. The summed E-state index contributed by atoms with van der Waals surface area (Å²) in [6, 6.07) is 19.9. The predicted molar refractivity (Wildman–Crippen MR) is 141 cm³/mol. The highest BCUT2D eigenvalue weighted by atomic mass is 35.5. The molecule has 9 heteroatoms. The molecule has 7 nitrogen and oxygen atoms in total. The van der Waals surface area contributed by atoms with E-state index in [1.165, 1.54) is 12.0 Å². The number of hydrogen-bond donors (Lipinski definition) is 1. The van der Waals surface area contributed by atoms with Crippen LogP contribution in [0.15, 0.2) is 71.6 Å². The van der Waals surface area contributed by atoms with Crippen molar-refractivity contribution in [2.75, 3.05) is 19.0 Å². The zero-order valence-electron chi connectivity index (χ0n) is 19.6. The van der Waals surface area contributed by atoms with Gasteiger partial charge in [-0.3, -0.25) is 19.3 Å². The molecule has 0 atom stereocenters. The van der Waals surface area contributed by atoms with Crippen molar-refractivity contribution in [1.82, 2.24) is 4.90 Å². The Morgan fingerprint density at radius 1 is 1.08 bits per heavy atom. The summed E-state index contributed by atoms with van der Waals surface area (Å²) in [6.45, 7) is 1.86. The number of rotatable bonds is 8. The maximum absolute atomic E-state index is 12.9. The summed E-state index contributed by atoms with van der Waals surface area (Å²) in [5, 5.41) is 2.63. The molecule has 1 fully saturated rings. The van der Waals surface area contributed by atoms with Gasteiger partial charge in [-0.15, -0.1) is 0 Å². The van der Waals surface area contributed by atoms with Crippen molar-refractivity contribution in [3.8, 4) is 11.5 Å². The van der Waals surface area contributed by atoms with Gasteiger partial charge in [0, 0.05) is 5.69 Å². The van der Waals surface area contributed by atoms with Gasteiger partial charge in [-0.05, 0) is 65.7 Å². The van der Waals surface area contributed by atoms with Gasteiger partial charge in [0.1, 0.15) is 0 Å². The average Bonchev–Trinajstić information content (AvgIpc) is 3.11. The first-order valence-electron chi connectivity index (χ1n) is 11.0. The minimum absolute atomic E-state index is 0.199. The molecule has 1 heterocycles. The van der Waals surface area contributed by atoms with Crippen molar-refractivity contribution in [2.24, 2.45) is 0 Å². The quantitative estimate of drug-likeness (QED) is 0.370. The van der Waals surface area contributed by atoms with Crippen LogP contribution in [0.5, 0.6) is 11.5 Å². The number of aryl methyl sites for hydroxylation is 1. The molecule has 0 radical (unpaired) electrons. The molecule has 3 aromatic carbocycles. The van der Waals surface area contributed by atoms with E-state index in [0.717, 1.165) is 22.9 Å². The molecule has 0 saturated carbocycles. The normalized spacial score (nSPS) is 14.3. The number of thioether (sulfide) groups is 1. The summed E-state index contributed by atoms with van der Waals surface area (Å²) in [5.74, 6) is -0.236. The van der Waals surface area contributed by atoms with Crippen LogP contribution < -0.4 is 14.8 Å². The number of amides is 3. The standard InChI is InChI=1S/C27H23ClN2O5S/c1-17-7-6-10-20(11-17)29-24(31)16-35-25-21(28)12-19(13-22(25)34-2)14-23-26(32)30(27(33)36-23)15-18-8-4-3-5-9-18/h3-14H,15-16H2,1-2H3,(H,29,31)/b23-14-. The van der Waals surface area contributed by atoms with Gasteiger partial charge in [-0.2, -0.15) is 0 Å². The van der Waals surface area contributed by atoms with Crippen LogP contribution in [0.1, 0.15) is 16.7 Å². The van der Waals surface area contributed by atoms with Gasteiger partial charge in [-0.25, -0.2) is 0 Å². The number of ether oxygens (including phenoxy) is 2. The molecule has 1 aliphatic heterocycles. The Labute approximate surface area is 218 Å². The zero-order chi connectivity index (χ0) is 25.7. The van der Waals surface area contributed by atoms with E-state index in [9.17, 15) is 14.4 Å². The number of carbonyl (C=O) groups is 3. The molecular weight excluding hydrogens is 500 g/mol. The van der Waals surface area contributed by atoms with E-state index in [1.807, 2.05) is 55.5 Å². The van der Waals surface area contributed by atoms with E-state index in [2.05, 4.69) is 5.32 Å². The van der Waals surface area contributed by atoms with Gasteiger partial charge in [0.15, 0.2) is 18.1 Å². The summed E-state index contributed by atoms with van der Waals surface area (Å²) in [6.07, 6.45) is 1.58. The lowest BCUT2D eigenvalue weighted by atomic mass is 10.1. The molecule has 1 saturated heterocycles. The Hall–Kier alpha value is -3.75. The highest BCUT2D eigenvalue weighted by molar-refractivity contribution is 8.18. The van der Waals surface area contributed by atoms with Gasteiger partial charge in [0.2, 0.25) is 0 Å². The van der Waals surface area contributed by atoms with Crippen LogP contribution >= 0.6 is 23.4 Å². The molecule has 0 aromatic heterocycles. The summed E-state index contributed by atoms with van der Waals surface area (Å²) in [5.41, 5.74) is 3.10. The number of benzene rings is 3. The second-order valence-corrected chi connectivity index (χ2v) is 9.39. The largest absolute Gasteiger partial charge is 0.493 e. The van der Waals surface area contributed by atoms with E-state index < -0.39 is 0 Å². The summed E-state index contributed by atoms with van der Waals surface area (Å²) < 4.78 is 11.1. The molecule has 36 heavy (non-hydrogen) atoms. The minimum atomic E-state index is -0.378. The smallest absolute Gasteiger partial charge is 0.293 e. The fourth-order valence-corrected chi connectivity index (χ4v) is 4.69. The minimum Gasteiger partial charge on any atom is -0.493 e. The fourth-order valence-electron chi connectivity index (χ4n) is 3.57. The van der Waals surface area contributed by atoms with E-state index in [4.69, 9.17) is 21.1 Å². The topological polar surface area (TPSA) is 84.9 Å². The second kappa shape index (κ2) is 11.3. The van der Waals surface area contributed by atoms with Crippen LogP contribution in [0.3, 0.4) is 0 Å². The SMILES string of the molecule is COc1cc(/C=C2\SC(=O)N(Cc3ccccc3)C2=O)cc(Cl)c1OCC(=O)Nc1cccc(C)c1. The number of imide groups is 1. The maximum Gasteiger partial charge on any atom is 0.293 e. The molecule has 184 valence electrons. The number of hydrogen-bond acceptors (Lipinski definition) is 6. The molecule has 4 rings (SSSR count). The molecule has 1 aliphatic rings. The van der Waals surface area contributed by atoms with Gasteiger partial charge in [-0.1, -0.05) is 54.1 Å². The Bertz CT molecular complexity index is 1340. The third-order valence-corrected chi connectivity index (χ3v) is 6.44. The predicted octanol–water partition coefficient (Wildman–Crippen LogP) is 5.91. The Kier molecular flexibility index (Phi) is 7.97. The van der Waals surface area contributed by atoms with Crippen molar-refractivity contribution in [2.45, 2.75) is 13.5 Å². The third-order valence-electron chi connectivity index (χ3n) is 5.26. The Morgan fingerprint density at radius 3 is 2.58 bits per heavy atom. The third kappa shape index (κ3) is 6.08. The monoisotopic (exact) mass is 522 g/mol. The van der Waals surface area contributed by atoms with Crippen LogP contribution in [0.2, 0.25) is 5.02 Å². The second-order valence-electron chi connectivity index (χ2n) is 7.99. The highest BCUT2D eigenvalue weighted by Gasteiger charge is 2.35. The Balaban J connectivity index is 1.46. The van der Waals surface area contributed by atoms with Crippen molar-refractivity contribution < 1.29 is 23.9 Å². The van der Waals surface area contributed by atoms with Crippen LogP contribution in [-0.2, 0) is 16.1 Å². The highest BCUT2D eigenvalue weighted by Crippen LogP contribution is 2.39. The van der Waals surface area contributed by atoms with Crippen molar-refractivity contribution in [3.05, 3.63) is 93.3 Å². The average molecular weight is 523 g/mol. The number of methoxy groups -OCH3 is 1. The molecule has 3 aromatic rings. The Morgan fingerprint density at radius 2 is 1.86 bits per heavy atom. The number of anilines is 1. The lowest BCUT2D eigenvalue weighted by Gasteiger charge is -2.14. The first-order chi connectivity index (χ1) is 17.3. The van der Waals surface area contributed by atoms with Crippen molar-refractivity contribution in [1.29, 1.82) is 0 Å². The zero-order valence-corrected chi connectivity index (χ0v) is 21.2. The molecule has 0 aliphatic carbocycles. The lowest BCUT2D eigenvalue weighted by molar-refractivity contribution is -0.123. The first kappa shape index (κ1) is 25.3. The molecular formula is C27H23ClN2O5S. The van der Waals surface area contributed by atoms with Crippen molar-refractivity contribution >= 4 is 52.2 Å². The van der Waals surface area contributed by atoms with Crippen molar-refractivity contribution in [3.63, 3.8) is 0 Å². The summed E-state index contributed by atoms with van der Waals surface area (Å²) in [7, 11) is 1.45. The van der Waals surface area contributed by atoms with Crippen LogP contribution in [-0.4, -0.2) is 35.7 Å². The lowest BCUT2D eigenvalue weighted by Crippen LogP contribution is -2.27. The molecule has 3 amide bonds. The fraction of sp³-hybridized carbons (Fsp3) is 0.148. The van der Waals surface area contributed by atoms with Crippen LogP contribution in [0.25, 0.3) is 6.08 Å². The number of nitrogens with one attached hydrogen (secondary N) is 1. The molecule has 0 spiro atoms. The first-order valence-corrected chi connectivity index (χ1v) is 12.2. The van der Waals surface area contributed by atoms with Gasteiger partial charge in [0.05, 0.1) is 23.6 Å². The van der Waals surface area contributed by atoms with E-state index in [0.29, 0.717) is 17.0 Å². The summed E-state index contributed by atoms with van der Waals surface area (Å²) >= 11 is 7.30. The molecule has 0 unspecified atom stereocenters. The number of halogens is 1. The van der Waals surface area contributed by atoms with Gasteiger partial charge >= 0.3 is 0 Å². The number of nitrogens with zero attached hydrogens (tertiary/aromatic N) is 1. The maximum atomic E-state index is 12.9. The van der Waals surface area contributed by atoms with Gasteiger partial charge < -0.3 is 14.8 Å². The van der Waals surface area contributed by atoms with E-state index in [1.54, 1.807) is 24.3 Å². The van der Waals surface area contributed by atoms with Crippen LogP contribution in [0.4, 0.5) is 10.5 Å². The summed E-state index contributed by atoms with van der Waals surface area (Å²) in [4.78, 5) is 39.1.